The number of anilines is 1. The van der Waals surface area contributed by atoms with E-state index in [1.54, 1.807) is 34.8 Å². The minimum absolute atomic E-state index is 0.167. The Balaban J connectivity index is 1.79. The van der Waals surface area contributed by atoms with Crippen LogP contribution in [0.2, 0.25) is 0 Å². The minimum Gasteiger partial charge on any atom is -0.373 e. The number of nitrogens with one attached hydrogen (secondary N) is 1. The van der Waals surface area contributed by atoms with Crippen molar-refractivity contribution in [2.45, 2.75) is 19.3 Å². The highest BCUT2D eigenvalue weighted by Crippen LogP contribution is 2.27. The Morgan fingerprint density at radius 3 is 2.41 bits per heavy atom. The van der Waals surface area contributed by atoms with Crippen molar-refractivity contribution in [2.24, 2.45) is 7.05 Å². The molecule has 160 valence electrons. The number of rotatable bonds is 5. The van der Waals surface area contributed by atoms with Crippen molar-refractivity contribution in [1.29, 1.82) is 5.26 Å². The summed E-state index contributed by atoms with van der Waals surface area (Å²) in [5.74, 6) is 0.794. The molecule has 0 amide bonds. The fourth-order valence-electron chi connectivity index (χ4n) is 3.54. The Morgan fingerprint density at radius 2 is 1.78 bits per heavy atom. The van der Waals surface area contributed by atoms with E-state index in [-0.39, 0.29) is 5.69 Å². The minimum atomic E-state index is -0.601. The maximum Gasteiger partial charge on any atom is 0.333 e. The molecule has 0 unspecified atom stereocenters. The summed E-state index contributed by atoms with van der Waals surface area (Å²) in [6.45, 7) is 3.74. The van der Waals surface area contributed by atoms with Crippen LogP contribution in [0.15, 0.2) is 71.9 Å². The van der Waals surface area contributed by atoms with E-state index in [0.29, 0.717) is 11.4 Å². The van der Waals surface area contributed by atoms with Crippen LogP contribution in [0, 0.1) is 11.3 Å². The molecule has 0 saturated heterocycles. The Labute approximate surface area is 186 Å². The van der Waals surface area contributed by atoms with Gasteiger partial charge in [0.2, 0.25) is 0 Å². The maximum atomic E-state index is 13.0. The monoisotopic (exact) mass is 424 g/mol. The van der Waals surface area contributed by atoms with Gasteiger partial charge in [0, 0.05) is 38.2 Å². The smallest absolute Gasteiger partial charge is 0.333 e. The predicted molar refractivity (Wildman–Crippen MR) is 126 cm³/mol. The van der Waals surface area contributed by atoms with E-state index in [0.717, 1.165) is 28.2 Å². The van der Waals surface area contributed by atoms with Gasteiger partial charge in [-0.3, -0.25) is 9.55 Å². The fourth-order valence-corrected chi connectivity index (χ4v) is 3.54. The molecule has 0 spiro atoms. The molecule has 0 aliphatic carbocycles. The number of aryl methyl sites for hydroxylation is 1. The maximum absolute atomic E-state index is 13.0. The van der Waals surface area contributed by atoms with Gasteiger partial charge in [0.25, 0.3) is 0 Å². The van der Waals surface area contributed by atoms with Crippen LogP contribution >= 0.6 is 0 Å². The lowest BCUT2D eigenvalue weighted by Gasteiger charge is -2.16. The summed E-state index contributed by atoms with van der Waals surface area (Å²) in [7, 11) is 3.55. The summed E-state index contributed by atoms with van der Waals surface area (Å²) in [4.78, 5) is 21.9. The van der Waals surface area contributed by atoms with E-state index in [4.69, 9.17) is 0 Å². The normalized spacial score (nSPS) is 11.2. The van der Waals surface area contributed by atoms with E-state index >= 15 is 0 Å². The van der Waals surface area contributed by atoms with Crippen LogP contribution in [0.5, 0.6) is 0 Å². The highest BCUT2D eigenvalue weighted by atomic mass is 16.1. The quantitative estimate of drug-likeness (QED) is 0.520. The molecule has 0 atom stereocenters. The number of nitrogens with zero attached hydrogens (tertiary/aromatic N) is 5. The SMILES string of the molecule is CNc1ccc(-c2ccnc(-c3cn(C)c(=O)n3-c3ccc(C(C)(C)C#N)cc3)c2)cn1. The van der Waals surface area contributed by atoms with E-state index in [2.05, 4.69) is 21.4 Å². The molecule has 7 heteroatoms. The molecule has 0 aliphatic heterocycles. The zero-order valence-corrected chi connectivity index (χ0v) is 18.5. The lowest BCUT2D eigenvalue weighted by Crippen LogP contribution is -2.21. The molecule has 0 radical (unpaired) electrons. The van der Waals surface area contributed by atoms with Crippen molar-refractivity contribution >= 4 is 5.82 Å². The van der Waals surface area contributed by atoms with Crippen LogP contribution in [-0.4, -0.2) is 26.1 Å². The van der Waals surface area contributed by atoms with Gasteiger partial charge >= 0.3 is 5.69 Å². The second-order valence-corrected chi connectivity index (χ2v) is 8.14. The van der Waals surface area contributed by atoms with E-state index in [1.807, 2.05) is 69.4 Å². The zero-order chi connectivity index (χ0) is 22.9. The van der Waals surface area contributed by atoms with Crippen molar-refractivity contribution in [3.8, 4) is 34.3 Å². The molecule has 0 aliphatic rings. The van der Waals surface area contributed by atoms with E-state index in [1.165, 1.54) is 0 Å². The van der Waals surface area contributed by atoms with Crippen LogP contribution in [0.1, 0.15) is 19.4 Å². The zero-order valence-electron chi connectivity index (χ0n) is 18.5. The van der Waals surface area contributed by atoms with Gasteiger partial charge in [-0.05, 0) is 61.4 Å². The van der Waals surface area contributed by atoms with Crippen LogP contribution < -0.4 is 11.0 Å². The topological polar surface area (TPSA) is 88.5 Å². The first-order valence-corrected chi connectivity index (χ1v) is 10.2. The van der Waals surface area contributed by atoms with E-state index < -0.39 is 5.41 Å². The van der Waals surface area contributed by atoms with Gasteiger partial charge < -0.3 is 9.88 Å². The molecule has 32 heavy (non-hydrogen) atoms. The second kappa shape index (κ2) is 8.16. The number of hydrogen-bond acceptors (Lipinski definition) is 5. The van der Waals surface area contributed by atoms with E-state index in [9.17, 15) is 10.1 Å². The van der Waals surface area contributed by atoms with Crippen molar-refractivity contribution in [3.05, 3.63) is 83.2 Å². The molecular weight excluding hydrogens is 400 g/mol. The average molecular weight is 425 g/mol. The molecule has 0 bridgehead atoms. The molecule has 0 fully saturated rings. The van der Waals surface area contributed by atoms with Gasteiger partial charge in [0.05, 0.1) is 28.6 Å². The van der Waals surface area contributed by atoms with Gasteiger partial charge in [0.15, 0.2) is 0 Å². The van der Waals surface area contributed by atoms with Gasteiger partial charge in [-0.2, -0.15) is 5.26 Å². The van der Waals surface area contributed by atoms with Crippen LogP contribution in [0.3, 0.4) is 0 Å². The molecule has 1 N–H and O–H groups in total. The Kier molecular flexibility index (Phi) is 5.37. The predicted octanol–water partition coefficient (Wildman–Crippen LogP) is 4.14. The molecule has 3 aromatic heterocycles. The first kappa shape index (κ1) is 21.1. The summed E-state index contributed by atoms with van der Waals surface area (Å²) in [5.41, 5.74) is 4.13. The number of nitriles is 1. The summed E-state index contributed by atoms with van der Waals surface area (Å²) in [5, 5.41) is 12.4. The average Bonchev–Trinajstić information content (AvgIpc) is 3.13. The fraction of sp³-hybridized carbons (Fsp3) is 0.200. The molecule has 4 aromatic rings. The van der Waals surface area contributed by atoms with Crippen molar-refractivity contribution in [2.75, 3.05) is 12.4 Å². The van der Waals surface area contributed by atoms with Gasteiger partial charge in [-0.25, -0.2) is 9.78 Å². The van der Waals surface area contributed by atoms with Gasteiger partial charge in [-0.15, -0.1) is 0 Å². The third kappa shape index (κ3) is 3.79. The first-order valence-electron chi connectivity index (χ1n) is 10.2. The summed E-state index contributed by atoms with van der Waals surface area (Å²) in [6.07, 6.45) is 5.32. The molecule has 4 rings (SSSR count). The highest BCUT2D eigenvalue weighted by molar-refractivity contribution is 5.70. The summed E-state index contributed by atoms with van der Waals surface area (Å²) >= 11 is 0. The third-order valence-corrected chi connectivity index (χ3v) is 5.55. The summed E-state index contributed by atoms with van der Waals surface area (Å²) < 4.78 is 3.18. The van der Waals surface area contributed by atoms with Crippen LogP contribution in [-0.2, 0) is 12.5 Å². The van der Waals surface area contributed by atoms with Gasteiger partial charge in [-0.1, -0.05) is 12.1 Å². The Hall–Kier alpha value is -4.18. The molecular formula is C25H24N6O. The van der Waals surface area contributed by atoms with Gasteiger partial charge in [0.1, 0.15) is 5.82 Å². The third-order valence-electron chi connectivity index (χ3n) is 5.55. The molecule has 3 heterocycles. The first-order chi connectivity index (χ1) is 15.3. The second-order valence-electron chi connectivity index (χ2n) is 8.14. The van der Waals surface area contributed by atoms with Crippen molar-refractivity contribution in [1.82, 2.24) is 19.1 Å². The Bertz CT molecular complexity index is 1360. The number of aromatic nitrogens is 4. The molecule has 7 nitrogen and oxygen atoms in total. The largest absolute Gasteiger partial charge is 0.373 e. The standard InChI is InChI=1S/C25H24N6O/c1-25(2,16-26)19-6-8-20(9-7-19)31-22(15-30(4)24(31)32)21-13-17(11-12-28-21)18-5-10-23(27-3)29-14-18/h5-15H,1-4H3,(H,27,29). The number of benzene rings is 1. The van der Waals surface area contributed by atoms with Crippen molar-refractivity contribution in [3.63, 3.8) is 0 Å². The Morgan fingerprint density at radius 1 is 1.03 bits per heavy atom. The molecule has 1 aromatic carbocycles. The lowest BCUT2D eigenvalue weighted by molar-refractivity contribution is 0.686. The van der Waals surface area contributed by atoms with Crippen molar-refractivity contribution < 1.29 is 0 Å². The van der Waals surface area contributed by atoms with Crippen LogP contribution in [0.25, 0.3) is 28.2 Å². The highest BCUT2D eigenvalue weighted by Gasteiger charge is 2.20. The van der Waals surface area contributed by atoms with Crippen LogP contribution in [0.4, 0.5) is 5.82 Å². The number of pyridine rings is 2. The molecule has 0 saturated carbocycles. The number of hydrogen-bond donors (Lipinski definition) is 1. The number of imidazole rings is 1. The summed E-state index contributed by atoms with van der Waals surface area (Å²) in [6, 6.07) is 17.6. The lowest BCUT2D eigenvalue weighted by atomic mass is 9.86.